The first-order valence-electron chi connectivity index (χ1n) is 5.09. The van der Waals surface area contributed by atoms with E-state index in [0.717, 1.165) is 19.3 Å². The third-order valence-electron chi connectivity index (χ3n) is 2.71. The van der Waals surface area contributed by atoms with Crippen molar-refractivity contribution in [1.82, 2.24) is 0 Å². The van der Waals surface area contributed by atoms with Gasteiger partial charge in [-0.1, -0.05) is 29.3 Å². The molecule has 0 amide bonds. The van der Waals surface area contributed by atoms with Gasteiger partial charge in [0, 0.05) is 0 Å². The molecule has 3 heteroatoms. The SMILES string of the molecule is NCCC1=CCCc2cc(Cl)c(Cl)cc21. The van der Waals surface area contributed by atoms with Crippen molar-refractivity contribution >= 4 is 28.8 Å². The molecule has 0 aromatic heterocycles. The van der Waals surface area contributed by atoms with Crippen LogP contribution >= 0.6 is 23.2 Å². The van der Waals surface area contributed by atoms with E-state index in [1.54, 1.807) is 0 Å². The Morgan fingerprint density at radius 1 is 1.20 bits per heavy atom. The highest BCUT2D eigenvalue weighted by atomic mass is 35.5. The van der Waals surface area contributed by atoms with Gasteiger partial charge in [0.2, 0.25) is 0 Å². The summed E-state index contributed by atoms with van der Waals surface area (Å²) >= 11 is 12.0. The minimum atomic E-state index is 0.625. The van der Waals surface area contributed by atoms with Crippen molar-refractivity contribution in [1.29, 1.82) is 0 Å². The molecule has 0 bridgehead atoms. The van der Waals surface area contributed by atoms with Gasteiger partial charge in [-0.05, 0) is 54.6 Å². The molecule has 0 saturated heterocycles. The summed E-state index contributed by atoms with van der Waals surface area (Å²) in [5, 5.41) is 1.27. The average Bonchev–Trinajstić information content (AvgIpc) is 2.21. The zero-order chi connectivity index (χ0) is 10.8. The van der Waals surface area contributed by atoms with Crippen molar-refractivity contribution in [3.05, 3.63) is 39.4 Å². The van der Waals surface area contributed by atoms with Crippen LogP contribution in [0.1, 0.15) is 24.0 Å². The number of hydrogen-bond acceptors (Lipinski definition) is 1. The molecule has 15 heavy (non-hydrogen) atoms. The molecule has 1 aromatic rings. The predicted octanol–water partition coefficient (Wildman–Crippen LogP) is 3.67. The van der Waals surface area contributed by atoms with E-state index in [0.29, 0.717) is 16.6 Å². The summed E-state index contributed by atoms with van der Waals surface area (Å²) in [5.41, 5.74) is 9.40. The Morgan fingerprint density at radius 2 is 1.93 bits per heavy atom. The second-order valence-corrected chi connectivity index (χ2v) is 4.54. The van der Waals surface area contributed by atoms with E-state index in [4.69, 9.17) is 28.9 Å². The zero-order valence-corrected chi connectivity index (χ0v) is 9.91. The molecule has 2 rings (SSSR count). The maximum Gasteiger partial charge on any atom is 0.0598 e. The zero-order valence-electron chi connectivity index (χ0n) is 8.39. The first-order chi connectivity index (χ1) is 7.22. The Hall–Kier alpha value is -0.500. The van der Waals surface area contributed by atoms with Crippen LogP contribution in [0.3, 0.4) is 0 Å². The molecule has 0 heterocycles. The monoisotopic (exact) mass is 241 g/mol. The van der Waals surface area contributed by atoms with Crippen molar-refractivity contribution in [2.24, 2.45) is 5.73 Å². The molecule has 0 saturated carbocycles. The fraction of sp³-hybridized carbons (Fsp3) is 0.333. The molecule has 80 valence electrons. The fourth-order valence-electron chi connectivity index (χ4n) is 2.00. The fourth-order valence-corrected chi connectivity index (χ4v) is 2.35. The Morgan fingerprint density at radius 3 is 2.67 bits per heavy atom. The van der Waals surface area contributed by atoms with E-state index in [1.165, 1.54) is 16.7 Å². The predicted molar refractivity (Wildman–Crippen MR) is 66.4 cm³/mol. The van der Waals surface area contributed by atoms with Crippen LogP contribution in [0.2, 0.25) is 10.0 Å². The lowest BCUT2D eigenvalue weighted by Gasteiger charge is -2.18. The maximum absolute atomic E-state index is 6.02. The summed E-state index contributed by atoms with van der Waals surface area (Å²) < 4.78 is 0. The van der Waals surface area contributed by atoms with E-state index < -0.39 is 0 Å². The number of fused-ring (bicyclic) bond motifs is 1. The molecule has 1 aromatic carbocycles. The topological polar surface area (TPSA) is 26.0 Å². The summed E-state index contributed by atoms with van der Waals surface area (Å²) in [4.78, 5) is 0. The largest absolute Gasteiger partial charge is 0.330 e. The molecule has 0 spiro atoms. The molecule has 1 nitrogen and oxygen atoms in total. The number of rotatable bonds is 2. The molecule has 0 aliphatic heterocycles. The third kappa shape index (κ3) is 2.20. The van der Waals surface area contributed by atoms with E-state index in [9.17, 15) is 0 Å². The van der Waals surface area contributed by atoms with Crippen molar-refractivity contribution in [3.63, 3.8) is 0 Å². The van der Waals surface area contributed by atoms with Crippen molar-refractivity contribution in [2.75, 3.05) is 6.54 Å². The molecule has 1 aliphatic rings. The molecular weight excluding hydrogens is 229 g/mol. The van der Waals surface area contributed by atoms with Gasteiger partial charge in [-0.2, -0.15) is 0 Å². The van der Waals surface area contributed by atoms with E-state index in [1.807, 2.05) is 12.1 Å². The van der Waals surface area contributed by atoms with Gasteiger partial charge in [0.15, 0.2) is 0 Å². The normalized spacial score (nSPS) is 14.7. The molecular formula is C12H13Cl2N. The molecule has 0 atom stereocenters. The molecule has 2 N–H and O–H groups in total. The van der Waals surface area contributed by atoms with Crippen LogP contribution in [0.25, 0.3) is 5.57 Å². The van der Waals surface area contributed by atoms with Gasteiger partial charge >= 0.3 is 0 Å². The summed E-state index contributed by atoms with van der Waals surface area (Å²) in [5.74, 6) is 0. The standard InChI is InChI=1S/C12H13Cl2N/c13-11-6-9-3-1-2-8(4-5-15)10(9)7-12(11)14/h2,6-7H,1,3-5,15H2. The van der Waals surface area contributed by atoms with Gasteiger partial charge < -0.3 is 5.73 Å². The quantitative estimate of drug-likeness (QED) is 0.841. The highest BCUT2D eigenvalue weighted by Crippen LogP contribution is 2.34. The first-order valence-corrected chi connectivity index (χ1v) is 5.85. The molecule has 1 aliphatic carbocycles. The van der Waals surface area contributed by atoms with E-state index >= 15 is 0 Å². The number of aryl methyl sites for hydroxylation is 1. The highest BCUT2D eigenvalue weighted by Gasteiger charge is 2.14. The van der Waals surface area contributed by atoms with Gasteiger partial charge in [0.05, 0.1) is 10.0 Å². The smallest absolute Gasteiger partial charge is 0.0598 e. The second-order valence-electron chi connectivity index (χ2n) is 3.73. The van der Waals surface area contributed by atoms with Crippen molar-refractivity contribution in [3.8, 4) is 0 Å². The van der Waals surface area contributed by atoms with Crippen molar-refractivity contribution in [2.45, 2.75) is 19.3 Å². The molecule has 0 radical (unpaired) electrons. The Bertz CT molecular complexity index is 410. The van der Waals surface area contributed by atoms with Crippen LogP contribution in [0.15, 0.2) is 18.2 Å². The van der Waals surface area contributed by atoms with Gasteiger partial charge in [-0.3, -0.25) is 0 Å². The van der Waals surface area contributed by atoms with Crippen LogP contribution < -0.4 is 5.73 Å². The number of allylic oxidation sites excluding steroid dienone is 1. The lowest BCUT2D eigenvalue weighted by molar-refractivity contribution is 0.940. The van der Waals surface area contributed by atoms with Gasteiger partial charge in [-0.25, -0.2) is 0 Å². The molecule has 0 fully saturated rings. The van der Waals surface area contributed by atoms with Crippen LogP contribution in [0.5, 0.6) is 0 Å². The van der Waals surface area contributed by atoms with Gasteiger partial charge in [0.25, 0.3) is 0 Å². The van der Waals surface area contributed by atoms with E-state index in [-0.39, 0.29) is 0 Å². The average molecular weight is 242 g/mol. The van der Waals surface area contributed by atoms with Gasteiger partial charge in [-0.15, -0.1) is 0 Å². The minimum Gasteiger partial charge on any atom is -0.330 e. The van der Waals surface area contributed by atoms with E-state index in [2.05, 4.69) is 6.08 Å². The maximum atomic E-state index is 6.02. The number of benzene rings is 1. The van der Waals surface area contributed by atoms with Crippen LogP contribution in [0, 0.1) is 0 Å². The lowest BCUT2D eigenvalue weighted by Crippen LogP contribution is -2.05. The highest BCUT2D eigenvalue weighted by molar-refractivity contribution is 6.42. The third-order valence-corrected chi connectivity index (χ3v) is 3.43. The van der Waals surface area contributed by atoms with Crippen LogP contribution in [0.4, 0.5) is 0 Å². The number of nitrogens with two attached hydrogens (primary N) is 1. The van der Waals surface area contributed by atoms with Crippen LogP contribution in [-0.4, -0.2) is 6.54 Å². The lowest BCUT2D eigenvalue weighted by atomic mass is 9.89. The number of hydrogen-bond donors (Lipinski definition) is 1. The van der Waals surface area contributed by atoms with Gasteiger partial charge in [0.1, 0.15) is 0 Å². The summed E-state index contributed by atoms with van der Waals surface area (Å²) in [6.07, 6.45) is 5.27. The second kappa shape index (κ2) is 4.56. The summed E-state index contributed by atoms with van der Waals surface area (Å²) in [6.45, 7) is 0.672. The molecule has 0 unspecified atom stereocenters. The Labute approximate surface area is 99.9 Å². The Kier molecular flexibility index (Phi) is 3.35. The summed E-state index contributed by atoms with van der Waals surface area (Å²) in [6, 6.07) is 3.93. The number of halogens is 2. The summed E-state index contributed by atoms with van der Waals surface area (Å²) in [7, 11) is 0. The minimum absolute atomic E-state index is 0.625. The first kappa shape index (κ1) is 11.0. The Balaban J connectivity index is 2.45. The van der Waals surface area contributed by atoms with Crippen molar-refractivity contribution < 1.29 is 0 Å². The van der Waals surface area contributed by atoms with Crippen LogP contribution in [-0.2, 0) is 6.42 Å².